The first-order valence-electron chi connectivity index (χ1n) is 5.87. The highest BCUT2D eigenvalue weighted by molar-refractivity contribution is 5.29. The first-order valence-corrected chi connectivity index (χ1v) is 5.87. The average Bonchev–Trinajstić information content (AvgIpc) is 2.38. The van der Waals surface area contributed by atoms with Crippen LogP contribution in [0.1, 0.15) is 11.1 Å². The van der Waals surface area contributed by atoms with E-state index < -0.39 is 30.5 Å². The van der Waals surface area contributed by atoms with Crippen LogP contribution in [0.4, 0.5) is 0 Å². The van der Waals surface area contributed by atoms with Gasteiger partial charge in [0.05, 0.1) is 13.2 Å². The van der Waals surface area contributed by atoms with Crippen molar-refractivity contribution in [2.75, 3.05) is 13.2 Å². The Kier molecular flexibility index (Phi) is 3.70. The second-order valence-corrected chi connectivity index (χ2v) is 4.73. The summed E-state index contributed by atoms with van der Waals surface area (Å²) >= 11 is 0. The normalized spacial score (nSPS) is 36.6. The van der Waals surface area contributed by atoms with E-state index in [4.69, 9.17) is 4.74 Å². The number of aryl methyl sites for hydroxylation is 1. The van der Waals surface area contributed by atoms with Crippen molar-refractivity contribution in [3.05, 3.63) is 35.4 Å². The van der Waals surface area contributed by atoms with Gasteiger partial charge in [-0.25, -0.2) is 0 Å². The molecule has 100 valence electrons. The predicted octanol–water partition coefficient (Wildman–Crippen LogP) is -0.704. The summed E-state index contributed by atoms with van der Waals surface area (Å²) in [6.45, 7) is 1.32. The number of benzene rings is 1. The van der Waals surface area contributed by atoms with Crippen LogP contribution in [0.25, 0.3) is 0 Å². The van der Waals surface area contributed by atoms with Gasteiger partial charge in [-0.3, -0.25) is 0 Å². The minimum absolute atomic E-state index is 0.132. The average molecular weight is 254 g/mol. The van der Waals surface area contributed by atoms with Crippen molar-refractivity contribution in [2.45, 2.75) is 30.8 Å². The van der Waals surface area contributed by atoms with Crippen LogP contribution in [0, 0.1) is 6.92 Å². The number of hydrogen-bond acceptors (Lipinski definition) is 5. The van der Waals surface area contributed by atoms with Crippen LogP contribution >= 0.6 is 0 Å². The van der Waals surface area contributed by atoms with Crippen LogP contribution in [0.15, 0.2) is 24.3 Å². The number of hydrogen-bond donors (Lipinski definition) is 4. The van der Waals surface area contributed by atoms with Gasteiger partial charge in [0, 0.05) is 0 Å². The molecule has 4 N–H and O–H groups in total. The van der Waals surface area contributed by atoms with Crippen molar-refractivity contribution in [2.24, 2.45) is 0 Å². The third-order valence-electron chi connectivity index (χ3n) is 3.48. The lowest BCUT2D eigenvalue weighted by atomic mass is 9.82. The predicted molar refractivity (Wildman–Crippen MR) is 63.9 cm³/mol. The van der Waals surface area contributed by atoms with E-state index in [2.05, 4.69) is 0 Å². The molecule has 4 unspecified atom stereocenters. The molecule has 5 heteroatoms. The Morgan fingerprint density at radius 3 is 2.39 bits per heavy atom. The molecular weight excluding hydrogens is 236 g/mol. The van der Waals surface area contributed by atoms with E-state index in [9.17, 15) is 20.4 Å². The molecule has 2 rings (SSSR count). The summed E-state index contributed by atoms with van der Waals surface area (Å²) in [6.07, 6.45) is -3.87. The van der Waals surface area contributed by atoms with Crippen molar-refractivity contribution >= 4 is 0 Å². The third-order valence-corrected chi connectivity index (χ3v) is 3.48. The van der Waals surface area contributed by atoms with Crippen molar-refractivity contribution in [1.29, 1.82) is 0 Å². The van der Waals surface area contributed by atoms with E-state index >= 15 is 0 Å². The molecule has 1 aliphatic rings. The zero-order valence-electron chi connectivity index (χ0n) is 10.2. The van der Waals surface area contributed by atoms with E-state index in [1.165, 1.54) is 0 Å². The van der Waals surface area contributed by atoms with Gasteiger partial charge in [0.1, 0.15) is 23.9 Å². The molecule has 4 atom stereocenters. The van der Waals surface area contributed by atoms with Crippen LogP contribution in [0.2, 0.25) is 0 Å². The highest BCUT2D eigenvalue weighted by Gasteiger charge is 2.50. The summed E-state index contributed by atoms with van der Waals surface area (Å²) in [5.74, 6) is 0. The Morgan fingerprint density at radius 1 is 1.22 bits per heavy atom. The Hall–Kier alpha value is -0.980. The molecule has 1 saturated heterocycles. The van der Waals surface area contributed by atoms with Crippen molar-refractivity contribution in [3.63, 3.8) is 0 Å². The first kappa shape index (κ1) is 13.5. The summed E-state index contributed by atoms with van der Waals surface area (Å²) in [5.41, 5.74) is 0.235. The molecule has 0 aliphatic carbocycles. The zero-order chi connectivity index (χ0) is 13.3. The Balaban J connectivity index is 2.38. The molecule has 1 aromatic rings. The molecule has 1 heterocycles. The molecule has 1 fully saturated rings. The van der Waals surface area contributed by atoms with Gasteiger partial charge in [-0.1, -0.05) is 29.8 Å². The van der Waals surface area contributed by atoms with E-state index in [1.54, 1.807) is 12.1 Å². The molecule has 1 aliphatic heterocycles. The molecule has 0 bridgehead atoms. The largest absolute Gasteiger partial charge is 0.393 e. The maximum Gasteiger partial charge on any atom is 0.144 e. The summed E-state index contributed by atoms with van der Waals surface area (Å²) in [7, 11) is 0. The Labute approximate surface area is 105 Å². The van der Waals surface area contributed by atoms with Gasteiger partial charge in [0.15, 0.2) is 0 Å². The zero-order valence-corrected chi connectivity index (χ0v) is 10.2. The molecule has 0 aromatic heterocycles. The van der Waals surface area contributed by atoms with Crippen LogP contribution in [-0.2, 0) is 10.3 Å². The Morgan fingerprint density at radius 2 is 1.83 bits per heavy atom. The topological polar surface area (TPSA) is 90.2 Å². The smallest absolute Gasteiger partial charge is 0.144 e. The first-order chi connectivity index (χ1) is 8.51. The van der Waals surface area contributed by atoms with Gasteiger partial charge in [0.2, 0.25) is 0 Å². The number of aliphatic hydroxyl groups excluding tert-OH is 4. The van der Waals surface area contributed by atoms with Crippen LogP contribution < -0.4 is 0 Å². The van der Waals surface area contributed by atoms with Gasteiger partial charge >= 0.3 is 0 Å². The van der Waals surface area contributed by atoms with Gasteiger partial charge in [0.25, 0.3) is 0 Å². The molecule has 5 nitrogen and oxygen atoms in total. The molecule has 1 aromatic carbocycles. The van der Waals surface area contributed by atoms with Gasteiger partial charge < -0.3 is 25.2 Å². The SMILES string of the molecule is Cc1ccc(C2(CO)OCC(O)C(O)C2O)cc1. The van der Waals surface area contributed by atoms with E-state index in [0.717, 1.165) is 5.56 Å². The lowest BCUT2D eigenvalue weighted by molar-refractivity contribution is -0.252. The van der Waals surface area contributed by atoms with E-state index in [1.807, 2.05) is 19.1 Å². The van der Waals surface area contributed by atoms with Crippen LogP contribution in [0.3, 0.4) is 0 Å². The second kappa shape index (κ2) is 4.95. The second-order valence-electron chi connectivity index (χ2n) is 4.73. The third kappa shape index (κ3) is 2.04. The maximum absolute atomic E-state index is 10.1. The highest BCUT2D eigenvalue weighted by atomic mass is 16.5. The Bertz CT molecular complexity index is 404. The van der Waals surface area contributed by atoms with Crippen molar-refractivity contribution in [3.8, 4) is 0 Å². The van der Waals surface area contributed by atoms with Crippen molar-refractivity contribution in [1.82, 2.24) is 0 Å². The molecule has 0 radical (unpaired) electrons. The molecule has 0 amide bonds. The lowest BCUT2D eigenvalue weighted by Gasteiger charge is -2.44. The minimum atomic E-state index is -1.38. The van der Waals surface area contributed by atoms with E-state index in [0.29, 0.717) is 5.56 Å². The van der Waals surface area contributed by atoms with Gasteiger partial charge in [-0.15, -0.1) is 0 Å². The van der Waals surface area contributed by atoms with E-state index in [-0.39, 0.29) is 6.61 Å². The molecule has 18 heavy (non-hydrogen) atoms. The van der Waals surface area contributed by atoms with Crippen molar-refractivity contribution < 1.29 is 25.2 Å². The van der Waals surface area contributed by atoms with Crippen LogP contribution in [-0.4, -0.2) is 52.0 Å². The summed E-state index contributed by atoms with van der Waals surface area (Å²) < 4.78 is 5.43. The summed E-state index contributed by atoms with van der Waals surface area (Å²) in [5, 5.41) is 38.8. The number of rotatable bonds is 2. The quantitative estimate of drug-likeness (QED) is 0.560. The molecule has 0 spiro atoms. The minimum Gasteiger partial charge on any atom is -0.393 e. The molecule has 0 saturated carbocycles. The van der Waals surface area contributed by atoms with Gasteiger partial charge in [-0.2, -0.15) is 0 Å². The number of ether oxygens (including phenoxy) is 1. The highest BCUT2D eigenvalue weighted by Crippen LogP contribution is 2.35. The van der Waals surface area contributed by atoms with Gasteiger partial charge in [-0.05, 0) is 12.5 Å². The number of aliphatic hydroxyl groups is 4. The maximum atomic E-state index is 10.1. The monoisotopic (exact) mass is 254 g/mol. The molecular formula is C13H18O5. The summed E-state index contributed by atoms with van der Waals surface area (Å²) in [6, 6.07) is 7.14. The van der Waals surface area contributed by atoms with Crippen LogP contribution in [0.5, 0.6) is 0 Å². The standard InChI is InChI=1S/C13H18O5/c1-8-2-4-9(5-3-8)13(7-14)12(17)11(16)10(15)6-18-13/h2-5,10-12,14-17H,6-7H2,1H3. The fourth-order valence-corrected chi connectivity index (χ4v) is 2.22. The fraction of sp³-hybridized carbons (Fsp3) is 0.538. The lowest BCUT2D eigenvalue weighted by Crippen LogP contribution is -2.60. The fourth-order valence-electron chi connectivity index (χ4n) is 2.22. The summed E-state index contributed by atoms with van der Waals surface area (Å²) in [4.78, 5) is 0.